The number of methoxy groups -OCH3 is 1. The number of ether oxygens (including phenoxy) is 1. The first-order valence-electron chi connectivity index (χ1n) is 8.59. The smallest absolute Gasteiger partial charge is 0.251 e. The van der Waals surface area contributed by atoms with Gasteiger partial charge in [-0.3, -0.25) is 4.79 Å². The molecule has 0 aromatic heterocycles. The fourth-order valence-corrected chi connectivity index (χ4v) is 3.33. The SMILES string of the molecule is CCc1ccc(C(=O)NC2CCN(c3cc(Cl)ccc3OC)C2)cc1. The first-order chi connectivity index (χ1) is 12.1. The Bertz CT molecular complexity index is 746. The van der Waals surface area contributed by atoms with Gasteiger partial charge in [-0.2, -0.15) is 0 Å². The number of anilines is 1. The summed E-state index contributed by atoms with van der Waals surface area (Å²) in [7, 11) is 1.65. The Balaban J connectivity index is 1.64. The molecule has 0 saturated carbocycles. The zero-order chi connectivity index (χ0) is 17.8. The van der Waals surface area contributed by atoms with E-state index in [1.54, 1.807) is 7.11 Å². The second-order valence-corrected chi connectivity index (χ2v) is 6.71. The van der Waals surface area contributed by atoms with Crippen molar-refractivity contribution in [2.24, 2.45) is 0 Å². The molecule has 3 rings (SSSR count). The van der Waals surface area contributed by atoms with E-state index in [1.807, 2.05) is 42.5 Å². The number of hydrogen-bond donors (Lipinski definition) is 1. The van der Waals surface area contributed by atoms with E-state index >= 15 is 0 Å². The van der Waals surface area contributed by atoms with Crippen LogP contribution >= 0.6 is 11.6 Å². The van der Waals surface area contributed by atoms with Gasteiger partial charge in [-0.05, 0) is 48.7 Å². The molecular weight excluding hydrogens is 336 g/mol. The monoisotopic (exact) mass is 358 g/mol. The average molecular weight is 359 g/mol. The minimum Gasteiger partial charge on any atom is -0.495 e. The predicted molar refractivity (Wildman–Crippen MR) is 102 cm³/mol. The van der Waals surface area contributed by atoms with Gasteiger partial charge in [0.05, 0.1) is 12.8 Å². The van der Waals surface area contributed by atoms with Crippen LogP contribution in [0.3, 0.4) is 0 Å². The molecule has 0 aliphatic carbocycles. The normalized spacial score (nSPS) is 16.8. The molecule has 5 heteroatoms. The van der Waals surface area contributed by atoms with E-state index in [1.165, 1.54) is 5.56 Å². The van der Waals surface area contributed by atoms with E-state index in [4.69, 9.17) is 16.3 Å². The second-order valence-electron chi connectivity index (χ2n) is 6.27. The van der Waals surface area contributed by atoms with E-state index in [0.717, 1.165) is 37.4 Å². The third kappa shape index (κ3) is 4.07. The average Bonchev–Trinajstić information content (AvgIpc) is 3.10. The lowest BCUT2D eigenvalue weighted by atomic mass is 10.1. The van der Waals surface area contributed by atoms with E-state index in [0.29, 0.717) is 10.6 Å². The van der Waals surface area contributed by atoms with Crippen LogP contribution in [0.1, 0.15) is 29.3 Å². The van der Waals surface area contributed by atoms with Crippen molar-refractivity contribution in [2.45, 2.75) is 25.8 Å². The molecule has 2 aromatic rings. The van der Waals surface area contributed by atoms with Crippen molar-refractivity contribution in [1.29, 1.82) is 0 Å². The van der Waals surface area contributed by atoms with Crippen LogP contribution in [0.4, 0.5) is 5.69 Å². The summed E-state index contributed by atoms with van der Waals surface area (Å²) >= 11 is 6.13. The van der Waals surface area contributed by atoms with Gasteiger partial charge in [-0.25, -0.2) is 0 Å². The minimum absolute atomic E-state index is 0.0208. The van der Waals surface area contributed by atoms with E-state index in [-0.39, 0.29) is 11.9 Å². The number of hydrogen-bond acceptors (Lipinski definition) is 3. The third-order valence-electron chi connectivity index (χ3n) is 4.63. The molecule has 0 radical (unpaired) electrons. The van der Waals surface area contributed by atoms with Crippen LogP contribution in [0.15, 0.2) is 42.5 Å². The first-order valence-corrected chi connectivity index (χ1v) is 8.96. The van der Waals surface area contributed by atoms with Gasteiger partial charge in [0, 0.05) is 29.7 Å². The zero-order valence-corrected chi connectivity index (χ0v) is 15.3. The Labute approximate surface area is 153 Å². The largest absolute Gasteiger partial charge is 0.495 e. The fourth-order valence-electron chi connectivity index (χ4n) is 3.17. The van der Waals surface area contributed by atoms with Gasteiger partial charge in [0.1, 0.15) is 5.75 Å². The highest BCUT2D eigenvalue weighted by Gasteiger charge is 2.26. The zero-order valence-electron chi connectivity index (χ0n) is 14.6. The molecule has 132 valence electrons. The Morgan fingerprint density at radius 2 is 2.04 bits per heavy atom. The number of halogens is 1. The summed E-state index contributed by atoms with van der Waals surface area (Å²) in [5, 5.41) is 3.81. The number of nitrogens with zero attached hydrogens (tertiary/aromatic N) is 1. The van der Waals surface area contributed by atoms with Crippen LogP contribution in [0.25, 0.3) is 0 Å². The number of aryl methyl sites for hydroxylation is 1. The lowest BCUT2D eigenvalue weighted by molar-refractivity contribution is 0.0940. The van der Waals surface area contributed by atoms with Crippen LogP contribution in [-0.2, 0) is 6.42 Å². The van der Waals surface area contributed by atoms with Crippen LogP contribution < -0.4 is 15.0 Å². The summed E-state index contributed by atoms with van der Waals surface area (Å²) < 4.78 is 5.43. The highest BCUT2D eigenvalue weighted by Crippen LogP contribution is 2.33. The molecule has 1 unspecified atom stereocenters. The van der Waals surface area contributed by atoms with Crippen molar-refractivity contribution in [3.05, 3.63) is 58.6 Å². The lowest BCUT2D eigenvalue weighted by Crippen LogP contribution is -2.37. The van der Waals surface area contributed by atoms with Crippen molar-refractivity contribution in [3.63, 3.8) is 0 Å². The van der Waals surface area contributed by atoms with Gasteiger partial charge in [0.25, 0.3) is 5.91 Å². The number of amides is 1. The molecule has 1 N–H and O–H groups in total. The topological polar surface area (TPSA) is 41.6 Å². The second kappa shape index (κ2) is 7.79. The van der Waals surface area contributed by atoms with Gasteiger partial charge < -0.3 is 15.0 Å². The lowest BCUT2D eigenvalue weighted by Gasteiger charge is -2.21. The molecule has 1 heterocycles. The number of carbonyl (C=O) groups excluding carboxylic acids is 1. The number of carbonyl (C=O) groups is 1. The third-order valence-corrected chi connectivity index (χ3v) is 4.86. The van der Waals surface area contributed by atoms with Crippen molar-refractivity contribution in [2.75, 3.05) is 25.1 Å². The number of nitrogens with one attached hydrogen (secondary N) is 1. The summed E-state index contributed by atoms with van der Waals surface area (Å²) in [6.45, 7) is 3.71. The quantitative estimate of drug-likeness (QED) is 0.880. The summed E-state index contributed by atoms with van der Waals surface area (Å²) in [5.74, 6) is 0.777. The molecule has 0 spiro atoms. The van der Waals surface area contributed by atoms with E-state index in [2.05, 4.69) is 17.1 Å². The van der Waals surface area contributed by atoms with Gasteiger partial charge in [-0.1, -0.05) is 30.7 Å². The Kier molecular flexibility index (Phi) is 5.49. The van der Waals surface area contributed by atoms with Crippen LogP contribution in [0.5, 0.6) is 5.75 Å². The van der Waals surface area contributed by atoms with Gasteiger partial charge in [-0.15, -0.1) is 0 Å². The van der Waals surface area contributed by atoms with Crippen molar-refractivity contribution < 1.29 is 9.53 Å². The van der Waals surface area contributed by atoms with Crippen LogP contribution in [0, 0.1) is 0 Å². The molecular formula is C20H23ClN2O2. The van der Waals surface area contributed by atoms with E-state index < -0.39 is 0 Å². The predicted octanol–water partition coefficient (Wildman–Crippen LogP) is 3.92. The maximum Gasteiger partial charge on any atom is 0.251 e. The van der Waals surface area contributed by atoms with Gasteiger partial charge in [0.15, 0.2) is 0 Å². The molecule has 1 atom stereocenters. The molecule has 1 aliphatic rings. The molecule has 0 bridgehead atoms. The minimum atomic E-state index is -0.0208. The molecule has 1 fully saturated rings. The maximum absolute atomic E-state index is 12.4. The highest BCUT2D eigenvalue weighted by molar-refractivity contribution is 6.30. The number of benzene rings is 2. The summed E-state index contributed by atoms with van der Waals surface area (Å²) in [5.41, 5.74) is 2.91. The van der Waals surface area contributed by atoms with Crippen molar-refractivity contribution >= 4 is 23.2 Å². The fraction of sp³-hybridized carbons (Fsp3) is 0.350. The van der Waals surface area contributed by atoms with E-state index in [9.17, 15) is 4.79 Å². The molecule has 1 aliphatic heterocycles. The highest BCUT2D eigenvalue weighted by atomic mass is 35.5. The van der Waals surface area contributed by atoms with Crippen molar-refractivity contribution in [1.82, 2.24) is 5.32 Å². The Hall–Kier alpha value is -2.20. The van der Waals surface area contributed by atoms with Gasteiger partial charge >= 0.3 is 0 Å². The molecule has 4 nitrogen and oxygen atoms in total. The summed E-state index contributed by atoms with van der Waals surface area (Å²) in [6, 6.07) is 13.5. The first kappa shape index (κ1) is 17.6. The molecule has 1 saturated heterocycles. The van der Waals surface area contributed by atoms with Crippen molar-refractivity contribution in [3.8, 4) is 5.75 Å². The Morgan fingerprint density at radius 3 is 2.72 bits per heavy atom. The Morgan fingerprint density at radius 1 is 1.28 bits per heavy atom. The maximum atomic E-state index is 12.4. The summed E-state index contributed by atoms with van der Waals surface area (Å²) in [6.07, 6.45) is 1.87. The van der Waals surface area contributed by atoms with Crippen LogP contribution in [-0.4, -0.2) is 32.1 Å². The number of rotatable bonds is 5. The molecule has 25 heavy (non-hydrogen) atoms. The molecule has 2 aromatic carbocycles. The molecule has 1 amide bonds. The summed E-state index contributed by atoms with van der Waals surface area (Å²) in [4.78, 5) is 14.6. The van der Waals surface area contributed by atoms with Crippen LogP contribution in [0.2, 0.25) is 5.02 Å². The standard InChI is InChI=1S/C20H23ClN2O2/c1-3-14-4-6-15(7-5-14)20(24)22-17-10-11-23(13-17)18-12-16(21)8-9-19(18)25-2/h4-9,12,17H,3,10-11,13H2,1-2H3,(H,22,24). The van der Waals surface area contributed by atoms with Gasteiger partial charge in [0.2, 0.25) is 0 Å².